The third kappa shape index (κ3) is 5.10. The molecule has 0 atom stereocenters. The van der Waals surface area contributed by atoms with Crippen molar-refractivity contribution in [3.05, 3.63) is 86.0 Å². The molecule has 3 heterocycles. The summed E-state index contributed by atoms with van der Waals surface area (Å²) in [5.41, 5.74) is 4.08. The van der Waals surface area contributed by atoms with Gasteiger partial charge in [0.2, 0.25) is 0 Å². The Balaban J connectivity index is 0.00000320. The monoisotopic (exact) mass is 442 g/mol. The van der Waals surface area contributed by atoms with Crippen LogP contribution in [-0.4, -0.2) is 24.1 Å². The second kappa shape index (κ2) is 9.18. The van der Waals surface area contributed by atoms with Crippen molar-refractivity contribution in [3.63, 3.8) is 0 Å². The Morgan fingerprint density at radius 3 is 2.37 bits per heavy atom. The van der Waals surface area contributed by atoms with Crippen LogP contribution in [0.2, 0.25) is 0 Å². The van der Waals surface area contributed by atoms with Crippen molar-refractivity contribution < 1.29 is 13.2 Å². The molecule has 0 amide bonds. The van der Waals surface area contributed by atoms with Crippen LogP contribution in [-0.2, 0) is 25.8 Å². The van der Waals surface area contributed by atoms with E-state index in [0.29, 0.717) is 11.4 Å². The molecule has 0 aliphatic carbocycles. The van der Waals surface area contributed by atoms with Gasteiger partial charge in [-0.2, -0.15) is 13.2 Å². The Bertz CT molecular complexity index is 1150. The van der Waals surface area contributed by atoms with E-state index in [9.17, 15) is 22.8 Å². The molecule has 0 saturated heterocycles. The number of hydrogen-bond donors (Lipinski definition) is 1. The number of rotatable bonds is 5. The van der Waals surface area contributed by atoms with Crippen LogP contribution >= 0.6 is 12.4 Å². The number of pyridine rings is 1. The molecular weight excluding hydrogens is 425 g/mol. The minimum Gasteiger partial charge on any atom is -0.326 e. The van der Waals surface area contributed by atoms with Crippen LogP contribution in [0.15, 0.2) is 46.4 Å². The first-order valence-corrected chi connectivity index (χ1v) is 8.52. The number of aryl methyl sites for hydroxylation is 1. The molecule has 12 heteroatoms. The summed E-state index contributed by atoms with van der Waals surface area (Å²) in [4.78, 5) is 36.6. The van der Waals surface area contributed by atoms with Crippen LogP contribution in [0.1, 0.15) is 28.3 Å². The third-order valence-corrected chi connectivity index (χ3v) is 4.23. The van der Waals surface area contributed by atoms with Gasteiger partial charge in [-0.15, -0.1) is 12.4 Å². The van der Waals surface area contributed by atoms with E-state index >= 15 is 0 Å². The highest BCUT2D eigenvalue weighted by Crippen LogP contribution is 2.28. The van der Waals surface area contributed by atoms with Crippen molar-refractivity contribution in [2.45, 2.75) is 32.7 Å². The minimum absolute atomic E-state index is 0. The highest BCUT2D eigenvalue weighted by atomic mass is 35.5. The lowest BCUT2D eigenvalue weighted by molar-refractivity contribution is -0.141. The summed E-state index contributed by atoms with van der Waals surface area (Å²) in [6, 6.07) is 5.04. The SMILES string of the molecule is Cc1cc(=O)n(Cc2cc(CN)cc(C(F)(F)F)n2)c(=O)n1Cc1ccncn1.Cl. The summed E-state index contributed by atoms with van der Waals surface area (Å²) in [5.74, 6) is 0. The van der Waals surface area contributed by atoms with E-state index in [4.69, 9.17) is 5.73 Å². The molecule has 2 N–H and O–H groups in total. The predicted molar refractivity (Wildman–Crippen MR) is 104 cm³/mol. The lowest BCUT2D eigenvalue weighted by Gasteiger charge is -2.14. The van der Waals surface area contributed by atoms with Gasteiger partial charge in [-0.25, -0.2) is 19.7 Å². The first-order valence-electron chi connectivity index (χ1n) is 8.52. The van der Waals surface area contributed by atoms with Gasteiger partial charge in [0.05, 0.1) is 24.5 Å². The second-order valence-corrected chi connectivity index (χ2v) is 6.33. The maximum absolute atomic E-state index is 13.1. The fourth-order valence-corrected chi connectivity index (χ4v) is 2.79. The molecule has 0 aliphatic heterocycles. The first kappa shape index (κ1) is 23.2. The zero-order chi connectivity index (χ0) is 21.2. The molecule has 0 spiro atoms. The van der Waals surface area contributed by atoms with Gasteiger partial charge in [-0.1, -0.05) is 0 Å². The standard InChI is InChI=1S/C18H17F3N6O2.ClH/c1-11-4-16(28)27(17(29)26(11)8-13-2-3-23-10-24-13)9-14-5-12(7-22)6-15(25-14)18(19,20)21;/h2-6,10H,7-9,22H2,1H3;1H. The largest absolute Gasteiger partial charge is 0.433 e. The Labute approximate surface area is 174 Å². The van der Waals surface area contributed by atoms with Gasteiger partial charge in [0.25, 0.3) is 5.56 Å². The molecule has 3 aromatic heterocycles. The summed E-state index contributed by atoms with van der Waals surface area (Å²) in [6.07, 6.45) is -1.84. The minimum atomic E-state index is -4.68. The van der Waals surface area contributed by atoms with Crippen molar-refractivity contribution in [1.82, 2.24) is 24.1 Å². The molecule has 3 aromatic rings. The molecule has 8 nitrogen and oxygen atoms in total. The lowest BCUT2D eigenvalue weighted by atomic mass is 10.2. The van der Waals surface area contributed by atoms with E-state index in [2.05, 4.69) is 15.0 Å². The van der Waals surface area contributed by atoms with Crippen LogP contribution in [0.3, 0.4) is 0 Å². The van der Waals surface area contributed by atoms with Gasteiger partial charge in [-0.05, 0) is 30.7 Å². The molecule has 30 heavy (non-hydrogen) atoms. The predicted octanol–water partition coefficient (Wildman–Crippen LogP) is 1.50. The Kier molecular flexibility index (Phi) is 7.11. The zero-order valence-corrected chi connectivity index (χ0v) is 16.6. The zero-order valence-electron chi connectivity index (χ0n) is 15.8. The molecule has 0 aliphatic rings. The number of hydrogen-bond acceptors (Lipinski definition) is 6. The van der Waals surface area contributed by atoms with E-state index in [1.165, 1.54) is 29.2 Å². The van der Waals surface area contributed by atoms with Gasteiger partial charge in [0.1, 0.15) is 12.0 Å². The highest BCUT2D eigenvalue weighted by molar-refractivity contribution is 5.85. The summed E-state index contributed by atoms with van der Waals surface area (Å²) in [6.45, 7) is 1.11. The van der Waals surface area contributed by atoms with Crippen molar-refractivity contribution in [2.24, 2.45) is 5.73 Å². The summed E-state index contributed by atoms with van der Waals surface area (Å²) in [5, 5.41) is 0. The first-order chi connectivity index (χ1) is 13.7. The van der Waals surface area contributed by atoms with E-state index in [-0.39, 0.29) is 36.8 Å². The Morgan fingerprint density at radius 1 is 1.07 bits per heavy atom. The van der Waals surface area contributed by atoms with Crippen molar-refractivity contribution in [2.75, 3.05) is 0 Å². The summed E-state index contributed by atoms with van der Waals surface area (Å²) >= 11 is 0. The van der Waals surface area contributed by atoms with Crippen LogP contribution in [0.4, 0.5) is 13.2 Å². The van der Waals surface area contributed by atoms with E-state index in [1.807, 2.05) is 0 Å². The Hall–Kier alpha value is -3.05. The van der Waals surface area contributed by atoms with Gasteiger partial charge in [0.15, 0.2) is 0 Å². The summed E-state index contributed by atoms with van der Waals surface area (Å²) < 4.78 is 41.4. The van der Waals surface area contributed by atoms with Crippen LogP contribution in [0.25, 0.3) is 0 Å². The number of nitrogens with two attached hydrogens (primary N) is 1. The quantitative estimate of drug-likeness (QED) is 0.641. The number of halogens is 4. The highest BCUT2D eigenvalue weighted by Gasteiger charge is 2.33. The maximum Gasteiger partial charge on any atom is 0.433 e. The number of aromatic nitrogens is 5. The molecule has 3 rings (SSSR count). The van der Waals surface area contributed by atoms with Crippen molar-refractivity contribution in [1.29, 1.82) is 0 Å². The molecule has 0 bridgehead atoms. The van der Waals surface area contributed by atoms with Crippen molar-refractivity contribution >= 4 is 12.4 Å². The summed E-state index contributed by atoms with van der Waals surface area (Å²) in [7, 11) is 0. The fraction of sp³-hybridized carbons (Fsp3) is 0.278. The van der Waals surface area contributed by atoms with Crippen LogP contribution in [0.5, 0.6) is 0 Å². The Morgan fingerprint density at radius 2 is 1.77 bits per heavy atom. The maximum atomic E-state index is 13.1. The van der Waals surface area contributed by atoms with Crippen molar-refractivity contribution in [3.8, 4) is 0 Å². The average molecular weight is 443 g/mol. The number of alkyl halides is 3. The molecule has 0 radical (unpaired) electrons. The van der Waals surface area contributed by atoms with E-state index in [0.717, 1.165) is 10.6 Å². The molecule has 0 aromatic carbocycles. The van der Waals surface area contributed by atoms with E-state index < -0.39 is 29.7 Å². The molecule has 0 saturated carbocycles. The lowest BCUT2D eigenvalue weighted by Crippen LogP contribution is -2.41. The van der Waals surface area contributed by atoms with Gasteiger partial charge >= 0.3 is 11.9 Å². The molecule has 160 valence electrons. The normalized spacial score (nSPS) is 11.2. The average Bonchev–Trinajstić information content (AvgIpc) is 2.68. The number of nitrogens with zero attached hydrogens (tertiary/aromatic N) is 5. The topological polar surface area (TPSA) is 109 Å². The smallest absolute Gasteiger partial charge is 0.326 e. The fourth-order valence-electron chi connectivity index (χ4n) is 2.79. The molecule has 0 fully saturated rings. The molecule has 0 unspecified atom stereocenters. The van der Waals surface area contributed by atoms with E-state index in [1.54, 1.807) is 13.0 Å². The van der Waals surface area contributed by atoms with Gasteiger partial charge in [0, 0.05) is 24.5 Å². The third-order valence-electron chi connectivity index (χ3n) is 4.23. The van der Waals surface area contributed by atoms with Gasteiger partial charge < -0.3 is 5.73 Å². The van der Waals surface area contributed by atoms with Gasteiger partial charge in [-0.3, -0.25) is 13.9 Å². The second-order valence-electron chi connectivity index (χ2n) is 6.33. The molecular formula is C18H18ClF3N6O2. The van der Waals surface area contributed by atoms with Crippen LogP contribution in [0, 0.1) is 6.92 Å². The van der Waals surface area contributed by atoms with Crippen LogP contribution < -0.4 is 17.0 Å².